The highest BCUT2D eigenvalue weighted by atomic mass is 19.2. The average Bonchev–Trinajstić information content (AvgIpc) is 2.57. The van der Waals surface area contributed by atoms with Gasteiger partial charge < -0.3 is 9.64 Å². The minimum absolute atomic E-state index is 0.309. The Hall–Kier alpha value is -2.50. The van der Waals surface area contributed by atoms with Gasteiger partial charge in [-0.2, -0.15) is 0 Å². The molecule has 0 saturated carbocycles. The number of amides is 1. The molecule has 0 aliphatic rings. The molecule has 0 heterocycles. The third kappa shape index (κ3) is 3.83. The second kappa shape index (κ2) is 7.17. The van der Waals surface area contributed by atoms with E-state index in [0.717, 1.165) is 23.4 Å². The molecule has 0 spiro atoms. The highest BCUT2D eigenvalue weighted by Crippen LogP contribution is 2.17. The summed E-state index contributed by atoms with van der Waals surface area (Å²) in [6.45, 7) is 0.309. The molecule has 0 bridgehead atoms. The largest absolute Gasteiger partial charge is 0.497 e. The fourth-order valence-electron chi connectivity index (χ4n) is 2.09. The molecular weight excluding hydrogens is 307 g/mol. The summed E-state index contributed by atoms with van der Waals surface area (Å²) in [4.78, 5) is 13.4. The molecule has 23 heavy (non-hydrogen) atoms. The van der Waals surface area contributed by atoms with Gasteiger partial charge in [-0.25, -0.2) is 13.2 Å². The van der Waals surface area contributed by atoms with Gasteiger partial charge in [0.2, 0.25) is 0 Å². The number of nitrogens with zero attached hydrogens (tertiary/aromatic N) is 1. The molecule has 0 radical (unpaired) electrons. The van der Waals surface area contributed by atoms with Crippen LogP contribution in [0.5, 0.6) is 5.75 Å². The van der Waals surface area contributed by atoms with Crippen LogP contribution in [0.1, 0.15) is 15.9 Å². The number of carbonyl (C=O) groups excluding carboxylic acids is 1. The zero-order valence-electron chi connectivity index (χ0n) is 12.8. The van der Waals surface area contributed by atoms with E-state index in [0.29, 0.717) is 13.0 Å². The smallest absolute Gasteiger partial charge is 0.256 e. The highest BCUT2D eigenvalue weighted by Gasteiger charge is 2.21. The van der Waals surface area contributed by atoms with Gasteiger partial charge >= 0.3 is 0 Å². The van der Waals surface area contributed by atoms with Crippen LogP contribution in [0.25, 0.3) is 0 Å². The molecule has 0 atom stereocenters. The summed E-state index contributed by atoms with van der Waals surface area (Å²) in [6.07, 6.45) is 0.539. The van der Waals surface area contributed by atoms with Gasteiger partial charge in [0.15, 0.2) is 17.5 Å². The summed E-state index contributed by atoms with van der Waals surface area (Å²) in [6, 6.07) is 8.99. The van der Waals surface area contributed by atoms with E-state index in [1.165, 1.54) is 11.9 Å². The second-order valence-electron chi connectivity index (χ2n) is 5.05. The summed E-state index contributed by atoms with van der Waals surface area (Å²) >= 11 is 0. The Kier molecular flexibility index (Phi) is 5.26. The minimum atomic E-state index is -1.64. The molecule has 122 valence electrons. The molecule has 0 N–H and O–H groups in total. The number of halogens is 3. The van der Waals surface area contributed by atoms with E-state index in [1.807, 2.05) is 12.1 Å². The second-order valence-corrected chi connectivity index (χ2v) is 5.05. The van der Waals surface area contributed by atoms with Crippen molar-refractivity contribution in [2.45, 2.75) is 6.42 Å². The zero-order chi connectivity index (χ0) is 17.0. The van der Waals surface area contributed by atoms with E-state index >= 15 is 0 Å². The van der Waals surface area contributed by atoms with Crippen LogP contribution in [0.4, 0.5) is 13.2 Å². The fraction of sp³-hybridized carbons (Fsp3) is 0.235. The molecule has 0 aliphatic heterocycles. The van der Waals surface area contributed by atoms with Crippen LogP contribution in [-0.2, 0) is 6.42 Å². The Bertz CT molecular complexity index is 702. The van der Waals surface area contributed by atoms with Crippen molar-refractivity contribution in [2.75, 3.05) is 20.7 Å². The van der Waals surface area contributed by atoms with Gasteiger partial charge in [-0.05, 0) is 36.2 Å². The van der Waals surface area contributed by atoms with Crippen molar-refractivity contribution >= 4 is 5.91 Å². The van der Waals surface area contributed by atoms with E-state index in [-0.39, 0.29) is 0 Å². The first kappa shape index (κ1) is 16.9. The summed E-state index contributed by atoms with van der Waals surface area (Å²) in [7, 11) is 3.05. The molecule has 0 unspecified atom stereocenters. The summed E-state index contributed by atoms with van der Waals surface area (Å²) in [5.74, 6) is -4.40. The lowest BCUT2D eigenvalue weighted by Gasteiger charge is -2.18. The maximum absolute atomic E-state index is 13.6. The Labute approximate surface area is 132 Å². The van der Waals surface area contributed by atoms with Crippen molar-refractivity contribution in [3.05, 3.63) is 65.0 Å². The van der Waals surface area contributed by atoms with Crippen LogP contribution >= 0.6 is 0 Å². The van der Waals surface area contributed by atoms with Gasteiger partial charge in [0.25, 0.3) is 5.91 Å². The first-order valence-corrected chi connectivity index (χ1v) is 6.96. The van der Waals surface area contributed by atoms with Crippen LogP contribution < -0.4 is 4.74 Å². The average molecular weight is 323 g/mol. The van der Waals surface area contributed by atoms with Crippen molar-refractivity contribution < 1.29 is 22.7 Å². The van der Waals surface area contributed by atoms with Crippen LogP contribution in [0.2, 0.25) is 0 Å². The van der Waals surface area contributed by atoms with Crippen LogP contribution in [0, 0.1) is 17.5 Å². The van der Waals surface area contributed by atoms with Crippen molar-refractivity contribution in [1.29, 1.82) is 0 Å². The van der Waals surface area contributed by atoms with E-state index in [1.54, 1.807) is 19.2 Å². The van der Waals surface area contributed by atoms with Gasteiger partial charge in [-0.15, -0.1) is 0 Å². The lowest BCUT2D eigenvalue weighted by atomic mass is 10.1. The zero-order valence-corrected chi connectivity index (χ0v) is 12.8. The fourth-order valence-corrected chi connectivity index (χ4v) is 2.09. The molecule has 0 aromatic heterocycles. The van der Waals surface area contributed by atoms with E-state index in [2.05, 4.69) is 0 Å². The van der Waals surface area contributed by atoms with E-state index in [4.69, 9.17) is 4.74 Å². The Morgan fingerprint density at radius 2 is 1.70 bits per heavy atom. The third-order valence-corrected chi connectivity index (χ3v) is 3.51. The van der Waals surface area contributed by atoms with Gasteiger partial charge in [0.05, 0.1) is 12.7 Å². The van der Waals surface area contributed by atoms with Crippen LogP contribution in [0.15, 0.2) is 36.4 Å². The van der Waals surface area contributed by atoms with Gasteiger partial charge in [0.1, 0.15) is 5.75 Å². The number of ether oxygens (including phenoxy) is 1. The Morgan fingerprint density at radius 1 is 1.04 bits per heavy atom. The monoisotopic (exact) mass is 323 g/mol. The van der Waals surface area contributed by atoms with Gasteiger partial charge in [-0.1, -0.05) is 12.1 Å². The molecule has 2 rings (SSSR count). The van der Waals surface area contributed by atoms with Crippen LogP contribution in [-0.4, -0.2) is 31.5 Å². The number of hydrogen-bond acceptors (Lipinski definition) is 2. The predicted octanol–water partition coefficient (Wildman–Crippen LogP) is 3.43. The topological polar surface area (TPSA) is 29.5 Å². The molecule has 2 aromatic rings. The molecular formula is C17H16F3NO2. The number of hydrogen-bond donors (Lipinski definition) is 0. The minimum Gasteiger partial charge on any atom is -0.497 e. The molecule has 0 saturated heterocycles. The van der Waals surface area contributed by atoms with Crippen molar-refractivity contribution in [3.8, 4) is 5.75 Å². The standard InChI is InChI=1S/C17H16F3NO2/c1-21(10-9-11-3-5-12(23-2)6-4-11)17(22)13-7-8-14(18)16(20)15(13)19/h3-8H,9-10H2,1-2H3. The lowest BCUT2D eigenvalue weighted by molar-refractivity contribution is 0.0790. The van der Waals surface area contributed by atoms with Crippen molar-refractivity contribution in [1.82, 2.24) is 4.90 Å². The third-order valence-electron chi connectivity index (χ3n) is 3.51. The molecule has 0 aliphatic carbocycles. The van der Waals surface area contributed by atoms with Gasteiger partial charge in [0, 0.05) is 13.6 Å². The normalized spacial score (nSPS) is 10.5. The molecule has 3 nitrogen and oxygen atoms in total. The summed E-state index contributed by atoms with van der Waals surface area (Å²) in [5, 5.41) is 0. The predicted molar refractivity (Wildman–Crippen MR) is 80.0 cm³/mol. The first-order valence-electron chi connectivity index (χ1n) is 6.96. The Morgan fingerprint density at radius 3 is 2.30 bits per heavy atom. The van der Waals surface area contributed by atoms with E-state index in [9.17, 15) is 18.0 Å². The van der Waals surface area contributed by atoms with Crippen LogP contribution in [0.3, 0.4) is 0 Å². The molecule has 6 heteroatoms. The van der Waals surface area contributed by atoms with E-state index < -0.39 is 28.9 Å². The Balaban J connectivity index is 2.03. The number of likely N-dealkylation sites (N-methyl/N-ethyl adjacent to an activating group) is 1. The SMILES string of the molecule is COc1ccc(CCN(C)C(=O)c2ccc(F)c(F)c2F)cc1. The van der Waals surface area contributed by atoms with Crippen molar-refractivity contribution in [2.24, 2.45) is 0 Å². The maximum atomic E-state index is 13.6. The van der Waals surface area contributed by atoms with Crippen molar-refractivity contribution in [3.63, 3.8) is 0 Å². The number of rotatable bonds is 5. The maximum Gasteiger partial charge on any atom is 0.256 e. The number of carbonyl (C=O) groups is 1. The molecule has 2 aromatic carbocycles. The quantitative estimate of drug-likeness (QED) is 0.789. The molecule has 1 amide bonds. The number of benzene rings is 2. The number of methoxy groups -OCH3 is 1. The summed E-state index contributed by atoms with van der Waals surface area (Å²) in [5.41, 5.74) is 0.484. The highest BCUT2D eigenvalue weighted by molar-refractivity contribution is 5.94. The first-order chi connectivity index (χ1) is 10.9. The van der Waals surface area contributed by atoms with Gasteiger partial charge in [-0.3, -0.25) is 4.79 Å². The summed E-state index contributed by atoms with van der Waals surface area (Å²) < 4.78 is 44.8. The molecule has 0 fully saturated rings. The lowest BCUT2D eigenvalue weighted by Crippen LogP contribution is -2.29.